The lowest BCUT2D eigenvalue weighted by atomic mass is 10.1. The van der Waals surface area contributed by atoms with E-state index in [9.17, 15) is 19.2 Å². The van der Waals surface area contributed by atoms with Gasteiger partial charge in [-0.05, 0) is 19.8 Å². The van der Waals surface area contributed by atoms with Crippen LogP contribution in [0.1, 0.15) is 46.5 Å². The van der Waals surface area contributed by atoms with Crippen LogP contribution in [0.2, 0.25) is 0 Å². The van der Waals surface area contributed by atoms with Crippen LogP contribution in [0.25, 0.3) is 0 Å². The van der Waals surface area contributed by atoms with Crippen LogP contribution in [0, 0.1) is 0 Å². The second kappa shape index (κ2) is 13.5. The molecule has 1 heterocycles. The lowest BCUT2D eigenvalue weighted by Gasteiger charge is -2.39. The van der Waals surface area contributed by atoms with Crippen LogP contribution in [-0.4, -0.2) is 72.4 Å². The van der Waals surface area contributed by atoms with E-state index in [0.717, 1.165) is 37.8 Å². The predicted octanol–water partition coefficient (Wildman–Crippen LogP) is 1.84. The minimum atomic E-state index is -0.538. The molecule has 8 heteroatoms. The molecule has 0 unspecified atom stereocenters. The highest BCUT2D eigenvalue weighted by Gasteiger charge is 2.28. The zero-order chi connectivity index (χ0) is 21.6. The Morgan fingerprint density at radius 3 is 1.83 bits per heavy atom. The van der Waals surface area contributed by atoms with Gasteiger partial charge in [0, 0.05) is 50.0 Å². The van der Waals surface area contributed by atoms with Gasteiger partial charge < -0.3 is 19.3 Å². The number of nitrogens with zero attached hydrogens (tertiary/aromatic N) is 2. The molecule has 1 fully saturated rings. The van der Waals surface area contributed by atoms with Gasteiger partial charge in [-0.2, -0.15) is 0 Å². The van der Waals surface area contributed by atoms with Gasteiger partial charge in [-0.25, -0.2) is 9.59 Å². The molecule has 2 amide bonds. The molecule has 0 aliphatic carbocycles. The number of piperazine rings is 1. The van der Waals surface area contributed by atoms with Crippen molar-refractivity contribution in [3.8, 4) is 0 Å². The summed E-state index contributed by atoms with van der Waals surface area (Å²) in [4.78, 5) is 50.8. The van der Waals surface area contributed by atoms with E-state index in [4.69, 9.17) is 9.47 Å². The average Bonchev–Trinajstić information content (AvgIpc) is 2.70. The standard InChI is InChI=1S/C21H32N2O6/c1-4-6-14-28-20(26)10-8-18(24)22-12-13-23(17(3)16-22)19(25)9-11-21(27)29-15-7-5-2/h8-11,17H,4-7,12-16H2,1-3H3/b10-8+,11-9-/t17-/m1/s1. The number of unbranched alkanes of at least 4 members (excludes halogenated alkanes) is 2. The maximum Gasteiger partial charge on any atom is 0.330 e. The molecule has 1 aliphatic rings. The Kier molecular flexibility index (Phi) is 11.4. The van der Waals surface area contributed by atoms with Gasteiger partial charge in [0.1, 0.15) is 0 Å². The Labute approximate surface area is 172 Å². The Balaban J connectivity index is 2.46. The second-order valence-electron chi connectivity index (χ2n) is 6.87. The van der Waals surface area contributed by atoms with Crippen molar-refractivity contribution < 1.29 is 28.7 Å². The SMILES string of the molecule is CCCCOC(=O)/C=C\C(=O)N1CCN(C(=O)/C=C/C(=O)OCCCC)C[C@H]1C. The highest BCUT2D eigenvalue weighted by atomic mass is 16.5. The fourth-order valence-corrected chi connectivity index (χ4v) is 2.70. The van der Waals surface area contributed by atoms with Gasteiger partial charge >= 0.3 is 11.9 Å². The largest absolute Gasteiger partial charge is 0.463 e. The van der Waals surface area contributed by atoms with Gasteiger partial charge in [-0.3, -0.25) is 9.59 Å². The third-order valence-electron chi connectivity index (χ3n) is 4.43. The van der Waals surface area contributed by atoms with E-state index in [1.165, 1.54) is 12.2 Å². The van der Waals surface area contributed by atoms with Crippen molar-refractivity contribution in [3.63, 3.8) is 0 Å². The fraction of sp³-hybridized carbons (Fsp3) is 0.619. The summed E-state index contributed by atoms with van der Waals surface area (Å²) in [6.07, 6.45) is 8.08. The average molecular weight is 408 g/mol. The van der Waals surface area contributed by atoms with Crippen molar-refractivity contribution in [3.05, 3.63) is 24.3 Å². The molecule has 0 saturated carbocycles. The van der Waals surface area contributed by atoms with Crippen LogP contribution in [0.4, 0.5) is 0 Å². The molecule has 0 aromatic heterocycles. The van der Waals surface area contributed by atoms with E-state index in [1.54, 1.807) is 9.80 Å². The fourth-order valence-electron chi connectivity index (χ4n) is 2.70. The molecule has 162 valence electrons. The monoisotopic (exact) mass is 408 g/mol. The quantitative estimate of drug-likeness (QED) is 0.311. The topological polar surface area (TPSA) is 93.2 Å². The van der Waals surface area contributed by atoms with Crippen molar-refractivity contribution in [2.45, 2.75) is 52.5 Å². The van der Waals surface area contributed by atoms with Crippen LogP contribution < -0.4 is 0 Å². The molecule has 1 atom stereocenters. The van der Waals surface area contributed by atoms with Gasteiger partial charge in [0.05, 0.1) is 13.2 Å². The Morgan fingerprint density at radius 2 is 1.34 bits per heavy atom. The molecule has 0 bridgehead atoms. The first-order valence-corrected chi connectivity index (χ1v) is 10.2. The zero-order valence-corrected chi connectivity index (χ0v) is 17.6. The van der Waals surface area contributed by atoms with E-state index in [2.05, 4.69) is 0 Å². The number of hydrogen-bond donors (Lipinski definition) is 0. The minimum absolute atomic E-state index is 0.217. The van der Waals surface area contributed by atoms with Gasteiger partial charge in [-0.1, -0.05) is 26.7 Å². The summed E-state index contributed by atoms with van der Waals surface area (Å²) in [5.74, 6) is -1.67. The normalized spacial score (nSPS) is 17.0. The lowest BCUT2D eigenvalue weighted by molar-refractivity contribution is -0.139. The summed E-state index contributed by atoms with van der Waals surface area (Å²) < 4.78 is 9.95. The second-order valence-corrected chi connectivity index (χ2v) is 6.87. The number of esters is 2. The van der Waals surface area contributed by atoms with E-state index in [1.807, 2.05) is 20.8 Å². The number of carbonyl (C=O) groups excluding carboxylic acids is 4. The molecular weight excluding hydrogens is 376 g/mol. The third-order valence-corrected chi connectivity index (χ3v) is 4.43. The van der Waals surface area contributed by atoms with Crippen molar-refractivity contribution >= 4 is 23.8 Å². The smallest absolute Gasteiger partial charge is 0.330 e. The number of rotatable bonds is 10. The lowest BCUT2D eigenvalue weighted by Crippen LogP contribution is -2.54. The number of hydrogen-bond acceptors (Lipinski definition) is 6. The number of ether oxygens (including phenoxy) is 2. The summed E-state index contributed by atoms with van der Waals surface area (Å²) in [6.45, 7) is 7.52. The predicted molar refractivity (Wildman–Crippen MR) is 108 cm³/mol. The maximum atomic E-state index is 12.3. The number of carbonyl (C=O) groups is 4. The summed E-state index contributed by atoms with van der Waals surface area (Å²) in [5.41, 5.74) is 0. The van der Waals surface area contributed by atoms with Crippen LogP contribution in [0.3, 0.4) is 0 Å². The van der Waals surface area contributed by atoms with Crippen LogP contribution in [0.5, 0.6) is 0 Å². The first kappa shape index (κ1) is 24.4. The molecule has 1 rings (SSSR count). The molecular formula is C21H32N2O6. The molecule has 0 N–H and O–H groups in total. The molecule has 0 aromatic carbocycles. The Bertz CT molecular complexity index is 629. The highest BCUT2D eigenvalue weighted by Crippen LogP contribution is 2.11. The van der Waals surface area contributed by atoms with E-state index < -0.39 is 11.9 Å². The van der Waals surface area contributed by atoms with Gasteiger partial charge in [0.15, 0.2) is 0 Å². The van der Waals surface area contributed by atoms with E-state index in [-0.39, 0.29) is 17.9 Å². The first-order chi connectivity index (χ1) is 13.9. The van der Waals surface area contributed by atoms with E-state index >= 15 is 0 Å². The maximum absolute atomic E-state index is 12.3. The molecule has 0 spiro atoms. The van der Waals surface area contributed by atoms with Crippen molar-refractivity contribution in [2.24, 2.45) is 0 Å². The van der Waals surface area contributed by atoms with Crippen molar-refractivity contribution in [1.82, 2.24) is 9.80 Å². The molecule has 0 aromatic rings. The molecule has 8 nitrogen and oxygen atoms in total. The molecule has 29 heavy (non-hydrogen) atoms. The first-order valence-electron chi connectivity index (χ1n) is 10.2. The highest BCUT2D eigenvalue weighted by molar-refractivity contribution is 5.96. The number of amides is 2. The minimum Gasteiger partial charge on any atom is -0.463 e. The third kappa shape index (κ3) is 9.40. The summed E-state index contributed by atoms with van der Waals surface area (Å²) in [7, 11) is 0. The molecule has 1 saturated heterocycles. The summed E-state index contributed by atoms with van der Waals surface area (Å²) >= 11 is 0. The summed E-state index contributed by atoms with van der Waals surface area (Å²) in [5, 5.41) is 0. The Hall–Kier alpha value is -2.64. The van der Waals surface area contributed by atoms with Crippen molar-refractivity contribution in [2.75, 3.05) is 32.8 Å². The molecule has 0 radical (unpaired) electrons. The van der Waals surface area contributed by atoms with Crippen LogP contribution in [-0.2, 0) is 28.7 Å². The molecule has 1 aliphatic heterocycles. The van der Waals surface area contributed by atoms with Gasteiger partial charge in [0.2, 0.25) is 11.8 Å². The summed E-state index contributed by atoms with van der Waals surface area (Å²) in [6, 6.07) is -0.217. The van der Waals surface area contributed by atoms with Crippen LogP contribution in [0.15, 0.2) is 24.3 Å². The van der Waals surface area contributed by atoms with Crippen molar-refractivity contribution in [1.29, 1.82) is 0 Å². The van der Waals surface area contributed by atoms with Gasteiger partial charge in [0.25, 0.3) is 0 Å². The van der Waals surface area contributed by atoms with Crippen LogP contribution >= 0.6 is 0 Å². The zero-order valence-electron chi connectivity index (χ0n) is 17.6. The Morgan fingerprint density at radius 1 is 0.828 bits per heavy atom. The van der Waals surface area contributed by atoms with E-state index in [0.29, 0.717) is 32.8 Å². The van der Waals surface area contributed by atoms with Gasteiger partial charge in [-0.15, -0.1) is 0 Å².